The fourth-order valence-electron chi connectivity index (χ4n) is 4.42. The molecule has 1 atom stereocenters. The van der Waals surface area contributed by atoms with Crippen LogP contribution in [0.2, 0.25) is 0 Å². The van der Waals surface area contributed by atoms with Gasteiger partial charge in [0.25, 0.3) is 0 Å². The van der Waals surface area contributed by atoms with E-state index >= 15 is 0 Å². The molecule has 9 heteroatoms. The first-order valence-electron chi connectivity index (χ1n) is 10.8. The van der Waals surface area contributed by atoms with Crippen molar-refractivity contribution in [3.8, 4) is 0 Å². The normalized spacial score (nSPS) is 21.4. The van der Waals surface area contributed by atoms with E-state index < -0.39 is 0 Å². The lowest BCUT2D eigenvalue weighted by Gasteiger charge is -2.36. The van der Waals surface area contributed by atoms with Crippen LogP contribution in [-0.2, 0) is 11.3 Å². The van der Waals surface area contributed by atoms with Gasteiger partial charge in [-0.15, -0.1) is 24.0 Å². The van der Waals surface area contributed by atoms with Gasteiger partial charge in [-0.3, -0.25) is 14.7 Å². The Bertz CT molecular complexity index is 695. The molecule has 3 rings (SSSR count). The van der Waals surface area contributed by atoms with Gasteiger partial charge >= 0.3 is 0 Å². The standard InChI is InChI=1S/C21H36N6O2.HI/c1-15-16(2)29-20(25-15)14-26-9-6-17(7-10-26)12-24-21(23-3)27-8-4-5-18(13-27)11-19(22)28;/h17-18H,4-14H2,1-3H3,(H2,22,28)(H,23,24);1H. The number of hydrogen-bond acceptors (Lipinski definition) is 5. The van der Waals surface area contributed by atoms with Crippen molar-refractivity contribution in [1.82, 2.24) is 20.1 Å². The second-order valence-corrected chi connectivity index (χ2v) is 8.52. The molecule has 1 aromatic heterocycles. The molecule has 0 aliphatic carbocycles. The van der Waals surface area contributed by atoms with Gasteiger partial charge < -0.3 is 20.4 Å². The predicted octanol–water partition coefficient (Wildman–Crippen LogP) is 2.28. The summed E-state index contributed by atoms with van der Waals surface area (Å²) < 4.78 is 5.72. The topological polar surface area (TPSA) is 100.0 Å². The van der Waals surface area contributed by atoms with Crippen LogP contribution in [0.15, 0.2) is 9.41 Å². The quantitative estimate of drug-likeness (QED) is 0.332. The molecule has 3 heterocycles. The van der Waals surface area contributed by atoms with Crippen molar-refractivity contribution in [2.45, 2.75) is 52.5 Å². The van der Waals surface area contributed by atoms with Crippen molar-refractivity contribution in [3.63, 3.8) is 0 Å². The van der Waals surface area contributed by atoms with Crippen molar-refractivity contribution >= 4 is 35.8 Å². The van der Waals surface area contributed by atoms with Crippen molar-refractivity contribution in [3.05, 3.63) is 17.3 Å². The Morgan fingerprint density at radius 3 is 2.57 bits per heavy atom. The Kier molecular flexibility index (Phi) is 9.86. The number of amides is 1. The maximum atomic E-state index is 11.2. The predicted molar refractivity (Wildman–Crippen MR) is 129 cm³/mol. The van der Waals surface area contributed by atoms with E-state index in [1.165, 1.54) is 0 Å². The van der Waals surface area contributed by atoms with E-state index in [4.69, 9.17) is 10.2 Å². The van der Waals surface area contributed by atoms with Gasteiger partial charge in [0.05, 0.1) is 12.2 Å². The van der Waals surface area contributed by atoms with Crippen LogP contribution in [-0.4, -0.2) is 66.4 Å². The number of carbonyl (C=O) groups is 1. The Balaban J connectivity index is 0.00000320. The molecule has 0 saturated carbocycles. The van der Waals surface area contributed by atoms with Crippen molar-refractivity contribution < 1.29 is 9.21 Å². The zero-order valence-corrected chi connectivity index (χ0v) is 20.9. The zero-order chi connectivity index (χ0) is 20.8. The lowest BCUT2D eigenvalue weighted by molar-refractivity contribution is -0.119. The Morgan fingerprint density at radius 1 is 1.23 bits per heavy atom. The number of aryl methyl sites for hydroxylation is 2. The largest absolute Gasteiger partial charge is 0.444 e. The second-order valence-electron chi connectivity index (χ2n) is 8.52. The van der Waals surface area contributed by atoms with E-state index in [0.29, 0.717) is 18.3 Å². The van der Waals surface area contributed by atoms with Gasteiger partial charge in [-0.2, -0.15) is 0 Å². The summed E-state index contributed by atoms with van der Waals surface area (Å²) in [7, 11) is 1.84. The number of nitrogens with two attached hydrogens (primary N) is 1. The van der Waals surface area contributed by atoms with Crippen LogP contribution in [0.3, 0.4) is 0 Å². The molecule has 2 aliphatic rings. The molecule has 0 bridgehead atoms. The first kappa shape index (κ1) is 24.9. The van der Waals surface area contributed by atoms with Crippen molar-refractivity contribution in [1.29, 1.82) is 0 Å². The third kappa shape index (κ3) is 7.11. The van der Waals surface area contributed by atoms with E-state index in [9.17, 15) is 4.79 Å². The van der Waals surface area contributed by atoms with Gasteiger partial charge in [0, 0.05) is 33.1 Å². The highest BCUT2D eigenvalue weighted by Crippen LogP contribution is 2.21. The first-order chi connectivity index (χ1) is 13.9. The summed E-state index contributed by atoms with van der Waals surface area (Å²) in [4.78, 5) is 24.9. The lowest BCUT2D eigenvalue weighted by atomic mass is 9.94. The Hall–Kier alpha value is -1.36. The molecular formula is C21H37IN6O2. The van der Waals surface area contributed by atoms with Gasteiger partial charge in [0.15, 0.2) is 5.96 Å². The smallest absolute Gasteiger partial charge is 0.217 e. The van der Waals surface area contributed by atoms with Gasteiger partial charge in [-0.25, -0.2) is 4.98 Å². The third-order valence-electron chi connectivity index (χ3n) is 6.21. The molecule has 2 aliphatic heterocycles. The molecule has 2 fully saturated rings. The van der Waals surface area contributed by atoms with Crippen LogP contribution in [0, 0.1) is 25.7 Å². The highest BCUT2D eigenvalue weighted by Gasteiger charge is 2.25. The molecule has 1 aromatic rings. The van der Waals surface area contributed by atoms with E-state index in [-0.39, 0.29) is 29.9 Å². The highest BCUT2D eigenvalue weighted by molar-refractivity contribution is 14.0. The van der Waals surface area contributed by atoms with Crippen LogP contribution >= 0.6 is 24.0 Å². The van der Waals surface area contributed by atoms with Crippen LogP contribution in [0.5, 0.6) is 0 Å². The molecule has 30 heavy (non-hydrogen) atoms. The van der Waals surface area contributed by atoms with E-state index in [2.05, 4.69) is 25.1 Å². The molecule has 8 nitrogen and oxygen atoms in total. The van der Waals surface area contributed by atoms with Gasteiger partial charge in [0.1, 0.15) is 5.76 Å². The number of hydrogen-bond donors (Lipinski definition) is 2. The van der Waals surface area contributed by atoms with Crippen molar-refractivity contribution in [2.75, 3.05) is 39.8 Å². The SMILES string of the molecule is CN=C(NCC1CCN(Cc2nc(C)c(C)o2)CC1)N1CCCC(CC(N)=O)C1.I. The number of carbonyl (C=O) groups excluding carboxylic acids is 1. The number of halogens is 1. The number of likely N-dealkylation sites (tertiary alicyclic amines) is 2. The summed E-state index contributed by atoms with van der Waals surface area (Å²) >= 11 is 0. The number of nitrogens with zero attached hydrogens (tertiary/aromatic N) is 4. The summed E-state index contributed by atoms with van der Waals surface area (Å²) in [5, 5.41) is 3.57. The fraction of sp³-hybridized carbons (Fsp3) is 0.762. The minimum absolute atomic E-state index is 0. The van der Waals surface area contributed by atoms with Gasteiger partial charge in [0.2, 0.25) is 11.8 Å². The number of aliphatic imine (C=N–C) groups is 1. The Labute approximate surface area is 197 Å². The summed E-state index contributed by atoms with van der Waals surface area (Å²) in [5.74, 6) is 3.47. The number of aromatic nitrogens is 1. The summed E-state index contributed by atoms with van der Waals surface area (Å²) in [6.45, 7) is 9.67. The number of piperidine rings is 2. The van der Waals surface area contributed by atoms with Crippen LogP contribution in [0.4, 0.5) is 0 Å². The summed E-state index contributed by atoms with van der Waals surface area (Å²) in [5.41, 5.74) is 6.37. The molecule has 170 valence electrons. The highest BCUT2D eigenvalue weighted by atomic mass is 127. The second kappa shape index (κ2) is 11.9. The van der Waals surface area contributed by atoms with Crippen molar-refractivity contribution in [2.24, 2.45) is 22.6 Å². The monoisotopic (exact) mass is 532 g/mol. The zero-order valence-electron chi connectivity index (χ0n) is 18.5. The maximum absolute atomic E-state index is 11.2. The molecule has 2 saturated heterocycles. The lowest BCUT2D eigenvalue weighted by Crippen LogP contribution is -2.48. The minimum atomic E-state index is -0.207. The van der Waals surface area contributed by atoms with E-state index in [0.717, 1.165) is 88.3 Å². The molecule has 1 unspecified atom stereocenters. The first-order valence-corrected chi connectivity index (χ1v) is 10.8. The van der Waals surface area contributed by atoms with Crippen LogP contribution in [0.1, 0.15) is 49.4 Å². The van der Waals surface area contributed by atoms with E-state index in [1.54, 1.807) is 0 Å². The number of primary amides is 1. The molecule has 0 radical (unpaired) electrons. The molecular weight excluding hydrogens is 495 g/mol. The molecule has 3 N–H and O–H groups in total. The number of nitrogens with one attached hydrogen (secondary N) is 1. The average Bonchev–Trinajstić information content (AvgIpc) is 3.00. The van der Waals surface area contributed by atoms with Gasteiger partial charge in [-0.1, -0.05) is 0 Å². The minimum Gasteiger partial charge on any atom is -0.444 e. The fourth-order valence-corrected chi connectivity index (χ4v) is 4.42. The van der Waals surface area contributed by atoms with Crippen LogP contribution < -0.4 is 11.1 Å². The number of oxazole rings is 1. The maximum Gasteiger partial charge on any atom is 0.217 e. The number of rotatable bonds is 6. The van der Waals surface area contributed by atoms with Gasteiger partial charge in [-0.05, 0) is 64.5 Å². The third-order valence-corrected chi connectivity index (χ3v) is 6.21. The summed E-state index contributed by atoms with van der Waals surface area (Å²) in [6.07, 6.45) is 4.94. The Morgan fingerprint density at radius 2 is 1.97 bits per heavy atom. The van der Waals surface area contributed by atoms with E-state index in [1.807, 2.05) is 20.9 Å². The number of guanidine groups is 1. The van der Waals surface area contributed by atoms with Crippen LogP contribution in [0.25, 0.3) is 0 Å². The molecule has 0 spiro atoms. The summed E-state index contributed by atoms with van der Waals surface area (Å²) in [6, 6.07) is 0. The molecule has 1 amide bonds. The average molecular weight is 532 g/mol. The molecule has 0 aromatic carbocycles.